The molecule has 5 heteroatoms. The second-order valence-corrected chi connectivity index (χ2v) is 0. The molecule has 0 aliphatic heterocycles. The Morgan fingerprint density at radius 3 is 0.600 bits per heavy atom. The Balaban J connectivity index is 0. The van der Waals surface area contributed by atoms with Crippen LogP contribution in [0, 0.1) is 0 Å². The Labute approximate surface area is 64.2 Å². The molecule has 0 amide bonds. The molecule has 0 aromatic rings. The largest absolute Gasteiger partial charge is 2.00 e. The maximum absolute atomic E-state index is 0. The van der Waals surface area contributed by atoms with Gasteiger partial charge < -0.3 is 44.9 Å². The van der Waals surface area contributed by atoms with Gasteiger partial charge in [0.1, 0.15) is 0 Å². The third-order valence-electron chi connectivity index (χ3n) is 0. The molecule has 0 saturated carbocycles. The summed E-state index contributed by atoms with van der Waals surface area (Å²) < 4.78 is 0. The topological polar surface area (TPSA) is 63.0 Å². The normalized spacial score (nSPS) is 0. The van der Waals surface area contributed by atoms with Gasteiger partial charge in [-0.15, -0.1) is 0 Å². The molecule has 0 aliphatic rings. The zero-order valence-electron chi connectivity index (χ0n) is 2.46. The van der Waals surface area contributed by atoms with Crippen LogP contribution in [0.5, 0.6) is 0 Å². The van der Waals surface area contributed by atoms with Crippen molar-refractivity contribution in [2.24, 2.45) is 0 Å². The summed E-state index contributed by atoms with van der Waals surface area (Å²) in [7, 11) is 0. The van der Waals surface area contributed by atoms with Crippen molar-refractivity contribution < 1.29 is 64.4 Å². The maximum atomic E-state index is 0. The number of halogens is 2. The van der Waals surface area contributed by atoms with Crippen LogP contribution >= 0.6 is 0 Å². The molecular weight excluding hydrogens is 257 g/mol. The molecule has 0 bridgehead atoms. The molecule has 0 atom stereocenters. The fraction of sp³-hybridized carbons (Fsp3) is 0. The van der Waals surface area contributed by atoms with Crippen LogP contribution in [0.4, 0.5) is 0 Å². The van der Waals surface area contributed by atoms with Gasteiger partial charge in [-0.25, -0.2) is 0 Å². The smallest absolute Gasteiger partial charge is 1.00 e. The average molecular weight is 261 g/mol. The Kier molecular flexibility index (Phi) is 861. The van der Waals surface area contributed by atoms with Crippen LogP contribution < -0.4 is 34.0 Å². The molecule has 0 unspecified atom stereocenters. The summed E-state index contributed by atoms with van der Waals surface area (Å²) in [5.41, 5.74) is 0. The second-order valence-electron chi connectivity index (χ2n) is 0. The molecule has 0 rings (SSSR count). The van der Waals surface area contributed by atoms with Crippen molar-refractivity contribution in [3.63, 3.8) is 0 Å². The Bertz CT molecular complexity index is 7.61. The van der Waals surface area contributed by atoms with E-state index in [1.807, 2.05) is 0 Å². The molecule has 0 aliphatic carbocycles. The molecule has 0 heterocycles. The van der Waals surface area contributed by atoms with Gasteiger partial charge in [-0.2, -0.15) is 0 Å². The fourth-order valence-corrected chi connectivity index (χ4v) is 0. The van der Waals surface area contributed by atoms with E-state index in [-0.39, 0.29) is 64.4 Å². The minimum atomic E-state index is 0. The van der Waals surface area contributed by atoms with Gasteiger partial charge in [0.05, 0.1) is 0 Å². The molecule has 0 radical (unpaired) electrons. The van der Waals surface area contributed by atoms with E-state index in [2.05, 4.69) is 0 Å². The summed E-state index contributed by atoms with van der Waals surface area (Å²) in [4.78, 5) is 0. The summed E-state index contributed by atoms with van der Waals surface area (Å²) in [6.45, 7) is 0. The van der Waals surface area contributed by atoms with Gasteiger partial charge >= 0.3 is 19.5 Å². The predicted molar refractivity (Wildman–Crippen MR) is 7.23 cm³/mol. The zero-order chi connectivity index (χ0) is 0. The van der Waals surface area contributed by atoms with Crippen molar-refractivity contribution in [2.45, 2.75) is 0 Å². The summed E-state index contributed by atoms with van der Waals surface area (Å²) in [6.07, 6.45) is 0. The van der Waals surface area contributed by atoms with Crippen LogP contribution in [0.15, 0.2) is 0 Å². The minimum absolute atomic E-state index is 0. The van der Waals surface area contributed by atoms with E-state index < -0.39 is 0 Å². The van der Waals surface area contributed by atoms with Crippen molar-refractivity contribution in [1.29, 1.82) is 0 Å². The summed E-state index contributed by atoms with van der Waals surface area (Å²) in [5.74, 6) is 0. The van der Waals surface area contributed by atoms with Gasteiger partial charge in [0.15, 0.2) is 0 Å². The monoisotopic (exact) mass is 258 g/mol. The van der Waals surface area contributed by atoms with Crippen LogP contribution in [-0.2, 0) is 19.5 Å². The van der Waals surface area contributed by atoms with Gasteiger partial charge in [0, 0.05) is 0 Å². The molecule has 0 spiro atoms. The van der Waals surface area contributed by atoms with Crippen LogP contribution in [0.25, 0.3) is 0 Å². The minimum Gasteiger partial charge on any atom is -1.00 e. The van der Waals surface area contributed by atoms with Crippen LogP contribution in [0.1, 0.15) is 0 Å². The quantitative estimate of drug-likeness (QED) is 0.389. The van der Waals surface area contributed by atoms with E-state index in [1.54, 1.807) is 0 Å². The summed E-state index contributed by atoms with van der Waals surface area (Å²) >= 11 is 0. The Morgan fingerprint density at radius 1 is 0.600 bits per heavy atom. The first-order valence-corrected chi connectivity index (χ1v) is 0. The van der Waals surface area contributed by atoms with Crippen LogP contribution in [0.3, 0.4) is 0 Å². The SMILES string of the molecule is O.O.[Br-].[Br-].[Zn+2]. The third kappa shape index (κ3) is 29.9. The molecule has 4 N–H and O–H groups in total. The Morgan fingerprint density at radius 2 is 0.600 bits per heavy atom. The third-order valence-corrected chi connectivity index (χ3v) is 0. The maximum Gasteiger partial charge on any atom is 2.00 e. The standard InChI is InChI=1S/2BrH.2H2O.Zn/h2*1H;2*1H2;/q;;;;+2/p-2. The summed E-state index contributed by atoms with van der Waals surface area (Å²) in [6, 6.07) is 0. The van der Waals surface area contributed by atoms with E-state index in [9.17, 15) is 0 Å². The molecule has 0 fully saturated rings. The molecule has 5 heavy (non-hydrogen) atoms. The molecule has 2 nitrogen and oxygen atoms in total. The van der Waals surface area contributed by atoms with Crippen molar-refractivity contribution in [3.8, 4) is 0 Å². The van der Waals surface area contributed by atoms with Crippen molar-refractivity contribution >= 4 is 0 Å². The molecule has 0 saturated heterocycles. The zero-order valence-corrected chi connectivity index (χ0v) is 8.60. The van der Waals surface area contributed by atoms with E-state index in [0.717, 1.165) is 0 Å². The fourth-order valence-electron chi connectivity index (χ4n) is 0. The summed E-state index contributed by atoms with van der Waals surface area (Å²) in [5, 5.41) is 0. The number of hydrogen-bond donors (Lipinski definition) is 0. The van der Waals surface area contributed by atoms with E-state index in [0.29, 0.717) is 0 Å². The second kappa shape index (κ2) is 49.4. The van der Waals surface area contributed by atoms with Crippen molar-refractivity contribution in [2.75, 3.05) is 0 Å². The molecule has 0 aromatic carbocycles. The van der Waals surface area contributed by atoms with Crippen molar-refractivity contribution in [3.05, 3.63) is 0 Å². The Hall–Kier alpha value is 1.50. The molecular formula is H4Br2O2Zn. The van der Waals surface area contributed by atoms with Gasteiger partial charge in [-0.05, 0) is 0 Å². The first kappa shape index (κ1) is 87.1. The van der Waals surface area contributed by atoms with Gasteiger partial charge in [-0.3, -0.25) is 0 Å². The van der Waals surface area contributed by atoms with E-state index in [4.69, 9.17) is 0 Å². The van der Waals surface area contributed by atoms with Crippen LogP contribution in [0.2, 0.25) is 0 Å². The van der Waals surface area contributed by atoms with Crippen LogP contribution in [-0.4, -0.2) is 11.0 Å². The van der Waals surface area contributed by atoms with E-state index >= 15 is 0 Å². The first-order valence-electron chi connectivity index (χ1n) is 0. The van der Waals surface area contributed by atoms with Gasteiger partial charge in [-0.1, -0.05) is 0 Å². The van der Waals surface area contributed by atoms with Gasteiger partial charge in [0.2, 0.25) is 0 Å². The van der Waals surface area contributed by atoms with Gasteiger partial charge in [0.25, 0.3) is 0 Å². The predicted octanol–water partition coefficient (Wildman–Crippen LogP) is -7.64. The van der Waals surface area contributed by atoms with Crippen molar-refractivity contribution in [1.82, 2.24) is 0 Å². The number of rotatable bonds is 0. The first-order chi connectivity index (χ1) is 0. The average Bonchev–Trinajstić information content (AvgIpc) is 0. The molecule has 32 valence electrons. The van der Waals surface area contributed by atoms with E-state index in [1.165, 1.54) is 0 Å². The molecule has 0 aromatic heterocycles. The number of hydrogen-bond acceptors (Lipinski definition) is 0.